The molecule has 0 aliphatic heterocycles. The Morgan fingerprint density at radius 2 is 2.25 bits per heavy atom. The van der Waals surface area contributed by atoms with E-state index in [1.54, 1.807) is 0 Å². The van der Waals surface area contributed by atoms with Gasteiger partial charge in [0.2, 0.25) is 0 Å². The molecule has 1 atom stereocenters. The monoisotopic (exact) mass is 270 g/mol. The molecule has 0 aromatic heterocycles. The van der Waals surface area contributed by atoms with Gasteiger partial charge in [-0.2, -0.15) is 0 Å². The van der Waals surface area contributed by atoms with E-state index < -0.39 is 0 Å². The quantitative estimate of drug-likeness (QED) is 0.823. The first-order chi connectivity index (χ1) is 9.61. The van der Waals surface area contributed by atoms with Crippen LogP contribution in [0.4, 0.5) is 0 Å². The second-order valence-electron chi connectivity index (χ2n) is 5.56. The third kappa shape index (κ3) is 3.85. The highest BCUT2D eigenvalue weighted by molar-refractivity contribution is 5.94. The first kappa shape index (κ1) is 14.6. The Morgan fingerprint density at radius 3 is 2.90 bits per heavy atom. The van der Waals surface area contributed by atoms with Crippen molar-refractivity contribution in [1.82, 2.24) is 5.32 Å². The first-order valence-electron chi connectivity index (χ1n) is 7.19. The minimum atomic E-state index is -0.0201. The second kappa shape index (κ2) is 6.58. The maximum absolute atomic E-state index is 12.1. The Kier molecular flexibility index (Phi) is 4.81. The van der Waals surface area contributed by atoms with Gasteiger partial charge in [0.25, 0.3) is 5.91 Å². The molecule has 1 unspecified atom stereocenters. The van der Waals surface area contributed by atoms with E-state index in [0.29, 0.717) is 18.0 Å². The summed E-state index contributed by atoms with van der Waals surface area (Å²) >= 11 is 0. The lowest BCUT2D eigenvalue weighted by Crippen LogP contribution is -2.29. The molecule has 1 aliphatic rings. The van der Waals surface area contributed by atoms with Gasteiger partial charge >= 0.3 is 0 Å². The van der Waals surface area contributed by atoms with Gasteiger partial charge in [-0.25, -0.2) is 0 Å². The molecule has 3 N–H and O–H groups in total. The third-order valence-electron chi connectivity index (χ3n) is 3.84. The molecule has 1 aliphatic carbocycles. The lowest BCUT2D eigenvalue weighted by Gasteiger charge is -2.12. The Labute approximate surface area is 120 Å². The van der Waals surface area contributed by atoms with Crippen LogP contribution in [0.5, 0.6) is 0 Å². The van der Waals surface area contributed by atoms with Crippen molar-refractivity contribution >= 4 is 5.91 Å². The van der Waals surface area contributed by atoms with Crippen molar-refractivity contribution in [3.8, 4) is 11.8 Å². The molecular weight excluding hydrogens is 248 g/mol. The van der Waals surface area contributed by atoms with Gasteiger partial charge in [0.1, 0.15) is 0 Å². The number of nitrogens with one attached hydrogen (secondary N) is 1. The maximum atomic E-state index is 12.1. The van der Waals surface area contributed by atoms with Crippen LogP contribution in [0.25, 0.3) is 0 Å². The van der Waals surface area contributed by atoms with Crippen LogP contribution >= 0.6 is 0 Å². The average molecular weight is 270 g/mol. The predicted molar refractivity (Wildman–Crippen MR) is 81.3 cm³/mol. The summed E-state index contributed by atoms with van der Waals surface area (Å²) in [5, 5.41) is 3.01. The lowest BCUT2D eigenvalue weighted by atomic mass is 10.0. The highest BCUT2D eigenvalue weighted by Gasteiger charge is 2.27. The summed E-state index contributed by atoms with van der Waals surface area (Å²) in [5.41, 5.74) is 7.99. The molecule has 1 fully saturated rings. The minimum absolute atomic E-state index is 0.0201. The first-order valence-corrected chi connectivity index (χ1v) is 7.19. The molecule has 0 heterocycles. The van der Waals surface area contributed by atoms with Gasteiger partial charge in [-0.3, -0.25) is 4.79 Å². The second-order valence-corrected chi connectivity index (χ2v) is 5.56. The van der Waals surface area contributed by atoms with E-state index >= 15 is 0 Å². The molecule has 3 heteroatoms. The number of benzene rings is 1. The normalized spacial score (nSPS) is 15.2. The fourth-order valence-electron chi connectivity index (χ4n) is 2.23. The van der Waals surface area contributed by atoms with E-state index in [-0.39, 0.29) is 5.91 Å². The van der Waals surface area contributed by atoms with E-state index in [2.05, 4.69) is 24.1 Å². The van der Waals surface area contributed by atoms with E-state index in [1.165, 1.54) is 12.8 Å². The Morgan fingerprint density at radius 1 is 1.50 bits per heavy atom. The lowest BCUT2D eigenvalue weighted by molar-refractivity contribution is 0.0946. The summed E-state index contributed by atoms with van der Waals surface area (Å²) in [4.78, 5) is 12.1. The van der Waals surface area contributed by atoms with Crippen LogP contribution < -0.4 is 11.1 Å². The molecule has 1 amide bonds. The summed E-state index contributed by atoms with van der Waals surface area (Å²) in [6.45, 7) is 5.26. The standard InChI is InChI=1S/C17H22N2O/c1-12-5-6-16(10-15(12)4-3-9-18)17(20)19-11-13(2)14-7-8-14/h5-6,10,13-14H,7-9,11,18H2,1-2H3,(H,19,20). The van der Waals surface area contributed by atoms with Crippen LogP contribution in [0, 0.1) is 30.6 Å². The van der Waals surface area contributed by atoms with Crippen molar-refractivity contribution in [2.75, 3.05) is 13.1 Å². The number of carbonyl (C=O) groups is 1. The van der Waals surface area contributed by atoms with Crippen LogP contribution in [-0.4, -0.2) is 19.0 Å². The molecule has 2 rings (SSSR count). The molecule has 0 bridgehead atoms. The van der Waals surface area contributed by atoms with Crippen molar-refractivity contribution in [2.24, 2.45) is 17.6 Å². The van der Waals surface area contributed by atoms with Gasteiger partial charge in [-0.05, 0) is 49.3 Å². The number of rotatable bonds is 4. The zero-order valence-corrected chi connectivity index (χ0v) is 12.2. The van der Waals surface area contributed by atoms with Crippen LogP contribution in [0.2, 0.25) is 0 Å². The van der Waals surface area contributed by atoms with E-state index in [9.17, 15) is 4.79 Å². The smallest absolute Gasteiger partial charge is 0.251 e. The van der Waals surface area contributed by atoms with Crippen molar-refractivity contribution in [1.29, 1.82) is 0 Å². The van der Waals surface area contributed by atoms with E-state index in [4.69, 9.17) is 5.73 Å². The van der Waals surface area contributed by atoms with Crippen molar-refractivity contribution < 1.29 is 4.79 Å². The number of aryl methyl sites for hydroxylation is 1. The SMILES string of the molecule is Cc1ccc(C(=O)NCC(C)C2CC2)cc1C#CCN. The topological polar surface area (TPSA) is 55.1 Å². The highest BCUT2D eigenvalue weighted by Crippen LogP contribution is 2.36. The van der Waals surface area contributed by atoms with Crippen LogP contribution in [0.1, 0.15) is 41.3 Å². The predicted octanol–water partition coefficient (Wildman–Crippen LogP) is 2.08. The van der Waals surface area contributed by atoms with Crippen LogP contribution in [0.15, 0.2) is 18.2 Å². The summed E-state index contributed by atoms with van der Waals surface area (Å²) in [6.07, 6.45) is 2.61. The van der Waals surface area contributed by atoms with Gasteiger partial charge in [0.15, 0.2) is 0 Å². The van der Waals surface area contributed by atoms with Crippen LogP contribution in [-0.2, 0) is 0 Å². The van der Waals surface area contributed by atoms with E-state index in [1.807, 2.05) is 25.1 Å². The molecule has 106 valence electrons. The zero-order valence-electron chi connectivity index (χ0n) is 12.2. The van der Waals surface area contributed by atoms with Gasteiger partial charge in [0.05, 0.1) is 6.54 Å². The van der Waals surface area contributed by atoms with Crippen LogP contribution in [0.3, 0.4) is 0 Å². The average Bonchev–Trinajstić information content (AvgIpc) is 3.28. The third-order valence-corrected chi connectivity index (χ3v) is 3.84. The number of nitrogens with two attached hydrogens (primary N) is 1. The molecular formula is C17H22N2O. The summed E-state index contributed by atoms with van der Waals surface area (Å²) < 4.78 is 0. The number of amides is 1. The number of hydrogen-bond donors (Lipinski definition) is 2. The molecule has 0 spiro atoms. The fourth-order valence-corrected chi connectivity index (χ4v) is 2.23. The Bertz CT molecular complexity index is 550. The van der Waals surface area contributed by atoms with Gasteiger partial charge < -0.3 is 11.1 Å². The number of carbonyl (C=O) groups excluding carboxylic acids is 1. The van der Waals surface area contributed by atoms with Crippen molar-refractivity contribution in [2.45, 2.75) is 26.7 Å². The maximum Gasteiger partial charge on any atom is 0.251 e. The highest BCUT2D eigenvalue weighted by atomic mass is 16.1. The van der Waals surface area contributed by atoms with Crippen molar-refractivity contribution in [3.63, 3.8) is 0 Å². The molecule has 0 radical (unpaired) electrons. The van der Waals surface area contributed by atoms with E-state index in [0.717, 1.165) is 23.6 Å². The zero-order chi connectivity index (χ0) is 14.5. The Hall–Kier alpha value is -1.79. The van der Waals surface area contributed by atoms with Gasteiger partial charge in [-0.15, -0.1) is 0 Å². The molecule has 1 aromatic rings. The molecule has 1 aromatic carbocycles. The number of hydrogen-bond acceptors (Lipinski definition) is 2. The molecule has 3 nitrogen and oxygen atoms in total. The fraction of sp³-hybridized carbons (Fsp3) is 0.471. The van der Waals surface area contributed by atoms with Crippen molar-refractivity contribution in [3.05, 3.63) is 34.9 Å². The molecule has 0 saturated heterocycles. The molecule has 1 saturated carbocycles. The summed E-state index contributed by atoms with van der Waals surface area (Å²) in [7, 11) is 0. The molecule has 20 heavy (non-hydrogen) atoms. The minimum Gasteiger partial charge on any atom is -0.352 e. The van der Waals surface area contributed by atoms with Gasteiger partial charge in [-0.1, -0.05) is 24.8 Å². The summed E-state index contributed by atoms with van der Waals surface area (Å²) in [5.74, 6) is 7.19. The van der Waals surface area contributed by atoms with Gasteiger partial charge in [0, 0.05) is 17.7 Å². The summed E-state index contributed by atoms with van der Waals surface area (Å²) in [6, 6.07) is 5.62. The largest absolute Gasteiger partial charge is 0.352 e. The Balaban J connectivity index is 2.01.